The molecule has 20 heavy (non-hydrogen) atoms. The minimum Gasteiger partial charge on any atom is -0.389 e. The predicted octanol–water partition coefficient (Wildman–Crippen LogP) is 4.06. The summed E-state index contributed by atoms with van der Waals surface area (Å²) >= 11 is 7.13. The molecular formula is C16H24N2S2. The van der Waals surface area contributed by atoms with Crippen molar-refractivity contribution in [3.8, 4) is 0 Å². The Labute approximate surface area is 132 Å². The van der Waals surface area contributed by atoms with Crippen molar-refractivity contribution in [2.24, 2.45) is 11.7 Å². The van der Waals surface area contributed by atoms with Crippen LogP contribution in [0.15, 0.2) is 23.1 Å². The first-order valence-corrected chi connectivity index (χ1v) is 8.87. The number of hydrogen-bond donors (Lipinski definition) is 1. The van der Waals surface area contributed by atoms with E-state index >= 15 is 0 Å². The maximum atomic E-state index is 6.00. The van der Waals surface area contributed by atoms with Crippen molar-refractivity contribution >= 4 is 34.7 Å². The molecule has 0 aromatic heterocycles. The second-order valence-electron chi connectivity index (χ2n) is 5.34. The molecule has 110 valence electrons. The van der Waals surface area contributed by atoms with Crippen LogP contribution in [0, 0.1) is 5.92 Å². The van der Waals surface area contributed by atoms with Gasteiger partial charge in [0, 0.05) is 29.2 Å². The standard InChI is InChI=1S/C16H24N2S2/c1-3-6-12-9-10-18(11-12)13-7-5-8-14(20-4-2)15(13)16(17)19/h5,7-8,12H,3-4,6,9-11H2,1-2H3,(H2,17,19). The first-order valence-electron chi connectivity index (χ1n) is 7.47. The van der Waals surface area contributed by atoms with Gasteiger partial charge in [0.25, 0.3) is 0 Å². The second-order valence-corrected chi connectivity index (χ2v) is 7.08. The molecule has 1 fully saturated rings. The molecule has 1 aliphatic rings. The Morgan fingerprint density at radius 3 is 2.90 bits per heavy atom. The van der Waals surface area contributed by atoms with Crippen LogP contribution in [-0.4, -0.2) is 23.8 Å². The highest BCUT2D eigenvalue weighted by atomic mass is 32.2. The maximum Gasteiger partial charge on any atom is 0.107 e. The third-order valence-corrected chi connectivity index (χ3v) is 5.02. The van der Waals surface area contributed by atoms with Crippen LogP contribution in [0.1, 0.15) is 38.7 Å². The zero-order valence-electron chi connectivity index (χ0n) is 12.4. The van der Waals surface area contributed by atoms with Crippen molar-refractivity contribution in [3.63, 3.8) is 0 Å². The molecule has 2 nitrogen and oxygen atoms in total. The van der Waals surface area contributed by atoms with Crippen LogP contribution in [0.5, 0.6) is 0 Å². The molecule has 0 bridgehead atoms. The average Bonchev–Trinajstić information content (AvgIpc) is 2.87. The topological polar surface area (TPSA) is 29.3 Å². The molecule has 0 saturated carbocycles. The van der Waals surface area contributed by atoms with Crippen LogP contribution in [0.2, 0.25) is 0 Å². The van der Waals surface area contributed by atoms with E-state index in [2.05, 4.69) is 36.9 Å². The molecular weight excluding hydrogens is 284 g/mol. The largest absolute Gasteiger partial charge is 0.389 e. The minimum absolute atomic E-state index is 0.524. The van der Waals surface area contributed by atoms with Crippen molar-refractivity contribution in [2.45, 2.75) is 38.0 Å². The van der Waals surface area contributed by atoms with E-state index < -0.39 is 0 Å². The van der Waals surface area contributed by atoms with E-state index in [0.717, 1.165) is 30.3 Å². The van der Waals surface area contributed by atoms with Crippen molar-refractivity contribution in [2.75, 3.05) is 23.7 Å². The minimum atomic E-state index is 0.524. The van der Waals surface area contributed by atoms with E-state index in [9.17, 15) is 0 Å². The quantitative estimate of drug-likeness (QED) is 0.634. The fraction of sp³-hybridized carbons (Fsp3) is 0.562. The van der Waals surface area contributed by atoms with Crippen molar-refractivity contribution in [1.29, 1.82) is 0 Å². The molecule has 1 heterocycles. The molecule has 0 amide bonds. The van der Waals surface area contributed by atoms with E-state index in [0.29, 0.717) is 4.99 Å². The zero-order chi connectivity index (χ0) is 14.5. The van der Waals surface area contributed by atoms with Crippen LogP contribution < -0.4 is 10.6 Å². The predicted molar refractivity (Wildman–Crippen MR) is 94.0 cm³/mol. The number of nitrogens with zero attached hydrogens (tertiary/aromatic N) is 1. The van der Waals surface area contributed by atoms with Crippen LogP contribution >= 0.6 is 24.0 Å². The fourth-order valence-electron chi connectivity index (χ4n) is 3.00. The molecule has 1 saturated heterocycles. The Morgan fingerprint density at radius 2 is 2.25 bits per heavy atom. The molecule has 1 aliphatic heterocycles. The monoisotopic (exact) mass is 308 g/mol. The Bertz CT molecular complexity index is 474. The van der Waals surface area contributed by atoms with E-state index in [1.807, 2.05) is 11.8 Å². The summed E-state index contributed by atoms with van der Waals surface area (Å²) in [6.07, 6.45) is 3.88. The van der Waals surface area contributed by atoms with Gasteiger partial charge in [0.05, 0.1) is 0 Å². The van der Waals surface area contributed by atoms with Crippen molar-refractivity contribution in [3.05, 3.63) is 23.8 Å². The Hall–Kier alpha value is -0.740. The van der Waals surface area contributed by atoms with Gasteiger partial charge in [-0.15, -0.1) is 11.8 Å². The van der Waals surface area contributed by atoms with E-state index in [1.165, 1.54) is 29.8 Å². The van der Waals surface area contributed by atoms with Gasteiger partial charge in [-0.05, 0) is 36.6 Å². The Kier molecular flexibility index (Phi) is 5.73. The summed E-state index contributed by atoms with van der Waals surface area (Å²) in [5, 5.41) is 0. The summed E-state index contributed by atoms with van der Waals surface area (Å²) in [6.45, 7) is 6.69. The van der Waals surface area contributed by atoms with Crippen LogP contribution in [0.4, 0.5) is 5.69 Å². The molecule has 0 radical (unpaired) electrons. The summed E-state index contributed by atoms with van der Waals surface area (Å²) in [5.41, 5.74) is 8.30. The third kappa shape index (κ3) is 3.47. The summed E-state index contributed by atoms with van der Waals surface area (Å²) in [4.78, 5) is 4.21. The average molecular weight is 309 g/mol. The number of hydrogen-bond acceptors (Lipinski definition) is 3. The Balaban J connectivity index is 2.27. The lowest BCUT2D eigenvalue weighted by atomic mass is 10.0. The van der Waals surface area contributed by atoms with Gasteiger partial charge in [-0.3, -0.25) is 0 Å². The highest BCUT2D eigenvalue weighted by Gasteiger charge is 2.25. The lowest BCUT2D eigenvalue weighted by Crippen LogP contribution is -2.24. The van der Waals surface area contributed by atoms with E-state index in [-0.39, 0.29) is 0 Å². The molecule has 1 atom stereocenters. The number of thiocarbonyl (C=S) groups is 1. The second kappa shape index (κ2) is 7.32. The first-order chi connectivity index (χ1) is 9.67. The number of thioether (sulfide) groups is 1. The van der Waals surface area contributed by atoms with Crippen molar-refractivity contribution in [1.82, 2.24) is 0 Å². The van der Waals surface area contributed by atoms with Gasteiger partial charge in [-0.2, -0.15) is 0 Å². The van der Waals surface area contributed by atoms with Crippen LogP contribution in [0.3, 0.4) is 0 Å². The molecule has 0 spiro atoms. The number of nitrogens with two attached hydrogens (primary N) is 1. The van der Waals surface area contributed by atoms with Gasteiger partial charge in [0.1, 0.15) is 4.99 Å². The molecule has 4 heteroatoms. The summed E-state index contributed by atoms with van der Waals surface area (Å²) in [7, 11) is 0. The highest BCUT2D eigenvalue weighted by Crippen LogP contribution is 2.34. The van der Waals surface area contributed by atoms with E-state index in [4.69, 9.17) is 18.0 Å². The molecule has 0 aliphatic carbocycles. The highest BCUT2D eigenvalue weighted by molar-refractivity contribution is 7.99. The molecule has 2 N–H and O–H groups in total. The van der Waals surface area contributed by atoms with Crippen LogP contribution in [0.25, 0.3) is 0 Å². The summed E-state index contributed by atoms with van der Waals surface area (Å²) < 4.78 is 0. The molecule has 2 rings (SSSR count). The normalized spacial score (nSPS) is 18.5. The number of benzene rings is 1. The lowest BCUT2D eigenvalue weighted by molar-refractivity contribution is 0.530. The van der Waals surface area contributed by atoms with Crippen molar-refractivity contribution < 1.29 is 0 Å². The van der Waals surface area contributed by atoms with E-state index in [1.54, 1.807) is 0 Å². The number of anilines is 1. The zero-order valence-corrected chi connectivity index (χ0v) is 14.0. The smallest absolute Gasteiger partial charge is 0.107 e. The van der Waals surface area contributed by atoms with Gasteiger partial charge < -0.3 is 10.6 Å². The van der Waals surface area contributed by atoms with Gasteiger partial charge in [-0.1, -0.05) is 38.6 Å². The fourth-order valence-corrected chi connectivity index (χ4v) is 4.13. The first kappa shape index (κ1) is 15.6. The van der Waals surface area contributed by atoms with Gasteiger partial charge in [0.15, 0.2) is 0 Å². The molecule has 1 unspecified atom stereocenters. The van der Waals surface area contributed by atoms with Gasteiger partial charge >= 0.3 is 0 Å². The summed E-state index contributed by atoms with van der Waals surface area (Å²) in [5.74, 6) is 1.86. The SMILES string of the molecule is CCCC1CCN(c2cccc(SCC)c2C(N)=S)C1. The lowest BCUT2D eigenvalue weighted by Gasteiger charge is -2.23. The maximum absolute atomic E-state index is 6.00. The molecule has 1 aromatic carbocycles. The molecule has 1 aromatic rings. The van der Waals surface area contributed by atoms with Gasteiger partial charge in [0.2, 0.25) is 0 Å². The Morgan fingerprint density at radius 1 is 1.45 bits per heavy atom. The third-order valence-electron chi connectivity index (χ3n) is 3.87. The number of rotatable bonds is 6. The van der Waals surface area contributed by atoms with Gasteiger partial charge in [-0.25, -0.2) is 0 Å². The summed E-state index contributed by atoms with van der Waals surface area (Å²) in [6, 6.07) is 6.43. The van der Waals surface area contributed by atoms with Crippen LogP contribution in [-0.2, 0) is 0 Å².